The molecular formula is C19H22FN3O2. The zero-order valence-corrected chi connectivity index (χ0v) is 14.0. The predicted octanol–water partition coefficient (Wildman–Crippen LogP) is 2.38. The van der Waals surface area contributed by atoms with Crippen LogP contribution < -0.4 is 20.1 Å². The van der Waals surface area contributed by atoms with E-state index in [9.17, 15) is 4.39 Å². The van der Waals surface area contributed by atoms with Gasteiger partial charge in [0, 0.05) is 44.5 Å². The number of benzene rings is 2. The van der Waals surface area contributed by atoms with E-state index < -0.39 is 0 Å². The Balaban J connectivity index is 1.44. The Kier molecular flexibility index (Phi) is 4.46. The Morgan fingerprint density at radius 3 is 2.40 bits per heavy atom. The predicted molar refractivity (Wildman–Crippen MR) is 94.5 cm³/mol. The number of nitrogens with two attached hydrogens (primary N) is 1. The molecule has 4 rings (SSSR count). The molecule has 2 heterocycles. The first kappa shape index (κ1) is 16.2. The number of ether oxygens (including phenoxy) is 2. The number of hydrogen-bond donors (Lipinski definition) is 1. The van der Waals surface area contributed by atoms with Gasteiger partial charge in [-0.15, -0.1) is 0 Å². The van der Waals surface area contributed by atoms with E-state index in [-0.39, 0.29) is 18.7 Å². The molecule has 0 amide bonds. The third-order valence-electron chi connectivity index (χ3n) is 4.95. The number of nitrogens with zero attached hydrogens (tertiary/aromatic N) is 2. The number of rotatable bonds is 4. The van der Waals surface area contributed by atoms with Crippen LogP contribution in [0.25, 0.3) is 0 Å². The molecule has 6 heteroatoms. The Morgan fingerprint density at radius 1 is 0.960 bits per heavy atom. The van der Waals surface area contributed by atoms with Crippen LogP contribution in [0.2, 0.25) is 0 Å². The SMILES string of the molecule is NCC(c1ccc2c(c1)OCO2)N1CCN(c2ccc(F)cc2)CC1. The Morgan fingerprint density at radius 2 is 1.68 bits per heavy atom. The van der Waals surface area contributed by atoms with Gasteiger partial charge in [-0.1, -0.05) is 6.07 Å². The van der Waals surface area contributed by atoms with Gasteiger partial charge < -0.3 is 20.1 Å². The van der Waals surface area contributed by atoms with Crippen LogP contribution in [0, 0.1) is 5.82 Å². The Bertz CT molecular complexity index is 730. The van der Waals surface area contributed by atoms with Crippen molar-refractivity contribution in [3.8, 4) is 11.5 Å². The Labute approximate surface area is 146 Å². The van der Waals surface area contributed by atoms with E-state index in [1.165, 1.54) is 12.1 Å². The molecule has 132 valence electrons. The highest BCUT2D eigenvalue weighted by Gasteiger charge is 2.26. The quantitative estimate of drug-likeness (QED) is 0.924. The second-order valence-electron chi connectivity index (χ2n) is 6.36. The largest absolute Gasteiger partial charge is 0.454 e. The molecule has 0 radical (unpaired) electrons. The standard InChI is InChI=1S/C19H22FN3O2/c20-15-2-4-16(5-3-15)22-7-9-23(10-8-22)17(12-21)14-1-6-18-19(11-14)25-13-24-18/h1-6,11,17H,7-10,12-13,21H2. The van der Waals surface area contributed by atoms with Crippen molar-refractivity contribution in [2.45, 2.75) is 6.04 Å². The summed E-state index contributed by atoms with van der Waals surface area (Å²) < 4.78 is 24.0. The maximum Gasteiger partial charge on any atom is 0.231 e. The van der Waals surface area contributed by atoms with Crippen molar-refractivity contribution >= 4 is 5.69 Å². The Hall–Kier alpha value is -2.31. The van der Waals surface area contributed by atoms with E-state index >= 15 is 0 Å². The van der Waals surface area contributed by atoms with E-state index in [0.29, 0.717) is 6.54 Å². The van der Waals surface area contributed by atoms with Gasteiger partial charge in [0.15, 0.2) is 11.5 Å². The minimum atomic E-state index is -0.201. The summed E-state index contributed by atoms with van der Waals surface area (Å²) in [5.74, 6) is 1.38. The fourth-order valence-electron chi connectivity index (χ4n) is 3.56. The third-order valence-corrected chi connectivity index (χ3v) is 4.95. The van der Waals surface area contributed by atoms with Crippen LogP contribution in [0.5, 0.6) is 11.5 Å². The molecule has 1 atom stereocenters. The van der Waals surface area contributed by atoms with Crippen LogP contribution in [0.1, 0.15) is 11.6 Å². The maximum atomic E-state index is 13.1. The van der Waals surface area contributed by atoms with E-state index in [1.807, 2.05) is 24.3 Å². The van der Waals surface area contributed by atoms with Crippen LogP contribution in [-0.2, 0) is 0 Å². The molecule has 1 saturated heterocycles. The van der Waals surface area contributed by atoms with E-state index in [0.717, 1.165) is 48.9 Å². The molecule has 5 nitrogen and oxygen atoms in total. The average Bonchev–Trinajstić information content (AvgIpc) is 3.12. The number of hydrogen-bond acceptors (Lipinski definition) is 5. The zero-order chi connectivity index (χ0) is 17.2. The van der Waals surface area contributed by atoms with Crippen LogP contribution in [0.3, 0.4) is 0 Å². The highest BCUT2D eigenvalue weighted by atomic mass is 19.1. The summed E-state index contributed by atoms with van der Waals surface area (Å²) in [6, 6.07) is 12.9. The second kappa shape index (κ2) is 6.90. The third kappa shape index (κ3) is 3.27. The van der Waals surface area contributed by atoms with Crippen LogP contribution in [0.15, 0.2) is 42.5 Å². The van der Waals surface area contributed by atoms with Crippen molar-refractivity contribution in [3.63, 3.8) is 0 Å². The number of halogens is 1. The van der Waals surface area contributed by atoms with E-state index in [4.69, 9.17) is 15.2 Å². The minimum Gasteiger partial charge on any atom is -0.454 e. The molecule has 2 aliphatic rings. The molecule has 2 aliphatic heterocycles. The highest BCUT2D eigenvalue weighted by molar-refractivity contribution is 5.47. The summed E-state index contributed by atoms with van der Waals surface area (Å²) in [6.45, 7) is 4.44. The maximum absolute atomic E-state index is 13.1. The molecule has 2 aromatic carbocycles. The van der Waals surface area contributed by atoms with Gasteiger partial charge in [0.05, 0.1) is 0 Å². The molecule has 0 aliphatic carbocycles. The van der Waals surface area contributed by atoms with Gasteiger partial charge >= 0.3 is 0 Å². The zero-order valence-electron chi connectivity index (χ0n) is 14.0. The smallest absolute Gasteiger partial charge is 0.231 e. The summed E-state index contributed by atoms with van der Waals surface area (Å²) >= 11 is 0. The fraction of sp³-hybridized carbons (Fsp3) is 0.368. The lowest BCUT2D eigenvalue weighted by atomic mass is 10.0. The van der Waals surface area contributed by atoms with Crippen LogP contribution >= 0.6 is 0 Å². The van der Waals surface area contributed by atoms with Gasteiger partial charge in [0.25, 0.3) is 0 Å². The molecule has 0 saturated carbocycles. The van der Waals surface area contributed by atoms with Crippen molar-refractivity contribution in [1.29, 1.82) is 0 Å². The fourth-order valence-corrected chi connectivity index (χ4v) is 3.56. The number of anilines is 1. The molecule has 1 unspecified atom stereocenters. The van der Waals surface area contributed by atoms with Crippen molar-refractivity contribution in [2.75, 3.05) is 44.4 Å². The first-order valence-corrected chi connectivity index (χ1v) is 8.59. The summed E-state index contributed by atoms with van der Waals surface area (Å²) in [5, 5.41) is 0. The lowest BCUT2D eigenvalue weighted by Crippen LogP contribution is -2.49. The minimum absolute atomic E-state index is 0.157. The normalized spacial score (nSPS) is 18.4. The molecule has 25 heavy (non-hydrogen) atoms. The van der Waals surface area contributed by atoms with Gasteiger partial charge in [-0.25, -0.2) is 4.39 Å². The molecule has 1 fully saturated rings. The molecule has 0 bridgehead atoms. The van der Waals surface area contributed by atoms with Crippen molar-refractivity contribution in [1.82, 2.24) is 4.90 Å². The molecule has 2 aromatic rings. The molecular weight excluding hydrogens is 321 g/mol. The topological polar surface area (TPSA) is 51.0 Å². The first-order valence-electron chi connectivity index (χ1n) is 8.59. The summed E-state index contributed by atoms with van der Waals surface area (Å²) in [4.78, 5) is 4.68. The van der Waals surface area contributed by atoms with Crippen LogP contribution in [-0.4, -0.2) is 44.4 Å². The number of piperazine rings is 1. The van der Waals surface area contributed by atoms with Gasteiger partial charge in [-0.2, -0.15) is 0 Å². The van der Waals surface area contributed by atoms with Gasteiger partial charge in [0.1, 0.15) is 5.82 Å². The summed E-state index contributed by atoms with van der Waals surface area (Å²) in [5.41, 5.74) is 8.29. The van der Waals surface area contributed by atoms with Gasteiger partial charge in [0.2, 0.25) is 6.79 Å². The molecule has 2 N–H and O–H groups in total. The van der Waals surface area contributed by atoms with Gasteiger partial charge in [-0.05, 0) is 42.0 Å². The molecule has 0 aromatic heterocycles. The highest BCUT2D eigenvalue weighted by Crippen LogP contribution is 2.35. The van der Waals surface area contributed by atoms with Gasteiger partial charge in [-0.3, -0.25) is 4.90 Å². The van der Waals surface area contributed by atoms with E-state index in [1.54, 1.807) is 0 Å². The monoisotopic (exact) mass is 343 g/mol. The lowest BCUT2D eigenvalue weighted by Gasteiger charge is -2.40. The van der Waals surface area contributed by atoms with E-state index in [2.05, 4.69) is 15.9 Å². The lowest BCUT2D eigenvalue weighted by molar-refractivity contribution is 0.173. The summed E-state index contributed by atoms with van der Waals surface area (Å²) in [7, 11) is 0. The summed E-state index contributed by atoms with van der Waals surface area (Å²) in [6.07, 6.45) is 0. The van der Waals surface area contributed by atoms with Crippen molar-refractivity contribution < 1.29 is 13.9 Å². The number of fused-ring (bicyclic) bond motifs is 1. The van der Waals surface area contributed by atoms with Crippen molar-refractivity contribution in [3.05, 3.63) is 53.8 Å². The van der Waals surface area contributed by atoms with Crippen LogP contribution in [0.4, 0.5) is 10.1 Å². The first-order chi connectivity index (χ1) is 12.2. The second-order valence-corrected chi connectivity index (χ2v) is 6.36. The average molecular weight is 343 g/mol. The molecule has 0 spiro atoms. The van der Waals surface area contributed by atoms with Crippen molar-refractivity contribution in [2.24, 2.45) is 5.73 Å².